The maximum atomic E-state index is 12.4. The first-order valence-corrected chi connectivity index (χ1v) is 10.3. The highest BCUT2D eigenvalue weighted by Gasteiger charge is 2.28. The first-order valence-electron chi connectivity index (χ1n) is 10.3. The number of hydrogen-bond acceptors (Lipinski definition) is 5. The Labute approximate surface area is 179 Å². The van der Waals surface area contributed by atoms with Gasteiger partial charge in [0.1, 0.15) is 17.1 Å². The van der Waals surface area contributed by atoms with Crippen LogP contribution in [0.2, 0.25) is 0 Å². The van der Waals surface area contributed by atoms with Crippen molar-refractivity contribution in [3.63, 3.8) is 0 Å². The SMILES string of the molecule is C/C=C\C=C(/CCC)c1ncc(C(=O)NC)c2c1Oc1cccc(OC)c1N2.CC. The number of rotatable bonds is 6. The molecule has 1 aliphatic rings. The van der Waals surface area contributed by atoms with E-state index >= 15 is 0 Å². The number of allylic oxidation sites excluding steroid dienone is 4. The van der Waals surface area contributed by atoms with Gasteiger partial charge >= 0.3 is 0 Å². The summed E-state index contributed by atoms with van der Waals surface area (Å²) in [4.78, 5) is 17.0. The summed E-state index contributed by atoms with van der Waals surface area (Å²) in [5.41, 5.74) is 3.47. The zero-order chi connectivity index (χ0) is 22.1. The predicted molar refractivity (Wildman–Crippen MR) is 123 cm³/mol. The summed E-state index contributed by atoms with van der Waals surface area (Å²) >= 11 is 0. The normalized spacial score (nSPS) is 12.0. The van der Waals surface area contributed by atoms with Crippen molar-refractivity contribution in [3.05, 3.63) is 53.9 Å². The quantitative estimate of drug-likeness (QED) is 0.482. The van der Waals surface area contributed by atoms with Gasteiger partial charge in [-0.1, -0.05) is 51.5 Å². The Kier molecular flexibility index (Phi) is 8.47. The van der Waals surface area contributed by atoms with E-state index in [0.717, 1.165) is 24.1 Å². The van der Waals surface area contributed by atoms with Crippen LogP contribution in [0.4, 0.5) is 11.4 Å². The van der Waals surface area contributed by atoms with Gasteiger partial charge in [-0.2, -0.15) is 0 Å². The highest BCUT2D eigenvalue weighted by Crippen LogP contribution is 2.49. The summed E-state index contributed by atoms with van der Waals surface area (Å²) in [6.45, 7) is 8.09. The molecule has 30 heavy (non-hydrogen) atoms. The Hall–Kier alpha value is -3.28. The second-order valence-electron chi connectivity index (χ2n) is 6.33. The number of nitrogens with zero attached hydrogens (tertiary/aromatic N) is 1. The van der Waals surface area contributed by atoms with E-state index in [2.05, 4.69) is 22.5 Å². The van der Waals surface area contributed by atoms with Crippen LogP contribution < -0.4 is 20.1 Å². The molecule has 1 aliphatic heterocycles. The minimum atomic E-state index is -0.237. The fourth-order valence-electron chi connectivity index (χ4n) is 3.14. The Morgan fingerprint density at radius 3 is 2.70 bits per heavy atom. The van der Waals surface area contributed by atoms with Crippen LogP contribution in [0.1, 0.15) is 56.6 Å². The first kappa shape index (κ1) is 23.0. The van der Waals surface area contributed by atoms with Crippen LogP contribution in [0.15, 0.2) is 42.6 Å². The Bertz CT molecular complexity index is 949. The van der Waals surface area contributed by atoms with Crippen LogP contribution in [0.5, 0.6) is 17.2 Å². The number of fused-ring (bicyclic) bond motifs is 2. The average Bonchev–Trinajstić information content (AvgIpc) is 2.80. The number of nitrogens with one attached hydrogen (secondary N) is 2. The topological polar surface area (TPSA) is 72.5 Å². The van der Waals surface area contributed by atoms with Crippen LogP contribution >= 0.6 is 0 Å². The van der Waals surface area contributed by atoms with Gasteiger partial charge in [0, 0.05) is 13.2 Å². The number of amides is 1. The number of para-hydroxylation sites is 1. The van der Waals surface area contributed by atoms with Crippen molar-refractivity contribution < 1.29 is 14.3 Å². The maximum absolute atomic E-state index is 12.4. The molecule has 0 fully saturated rings. The number of benzene rings is 1. The van der Waals surface area contributed by atoms with Crippen molar-refractivity contribution in [3.8, 4) is 17.2 Å². The van der Waals surface area contributed by atoms with Crippen molar-refractivity contribution >= 4 is 22.9 Å². The van der Waals surface area contributed by atoms with Gasteiger partial charge in [-0.05, 0) is 31.1 Å². The lowest BCUT2D eigenvalue weighted by molar-refractivity contribution is 0.0963. The zero-order valence-electron chi connectivity index (χ0n) is 18.6. The number of aromatic nitrogens is 1. The van der Waals surface area contributed by atoms with Crippen molar-refractivity contribution in [2.45, 2.75) is 40.5 Å². The van der Waals surface area contributed by atoms with E-state index in [1.54, 1.807) is 20.4 Å². The molecule has 0 bridgehead atoms. The van der Waals surface area contributed by atoms with Crippen LogP contribution in [0, 0.1) is 0 Å². The minimum absolute atomic E-state index is 0.237. The molecule has 2 aromatic rings. The van der Waals surface area contributed by atoms with Gasteiger partial charge < -0.3 is 20.1 Å². The highest BCUT2D eigenvalue weighted by atomic mass is 16.5. The van der Waals surface area contributed by atoms with Crippen LogP contribution in [0.25, 0.3) is 5.57 Å². The van der Waals surface area contributed by atoms with E-state index in [4.69, 9.17) is 9.47 Å². The molecule has 1 aromatic carbocycles. The van der Waals surface area contributed by atoms with Gasteiger partial charge in [0.05, 0.1) is 18.4 Å². The Balaban J connectivity index is 0.00000155. The number of anilines is 2. The zero-order valence-corrected chi connectivity index (χ0v) is 18.6. The number of pyridine rings is 1. The summed E-state index contributed by atoms with van der Waals surface area (Å²) in [5.74, 6) is 1.58. The minimum Gasteiger partial charge on any atom is -0.494 e. The maximum Gasteiger partial charge on any atom is 0.254 e. The standard InChI is InChI=1S/C22H25N3O3.C2H6/c1-5-7-10-14(9-6-2)18-21-19(15(13-24-18)22(26)23-3)25-20-16(27-4)11-8-12-17(20)28-21;1-2/h5,7-8,10-13,25H,6,9H2,1-4H3,(H,23,26);1-2H3/b7-5-,14-10+;. The Morgan fingerprint density at radius 1 is 1.30 bits per heavy atom. The van der Waals surface area contributed by atoms with Gasteiger partial charge in [-0.25, -0.2) is 0 Å². The van der Waals surface area contributed by atoms with Crippen molar-refractivity contribution in [2.24, 2.45) is 0 Å². The summed E-state index contributed by atoms with van der Waals surface area (Å²) in [7, 11) is 3.19. The smallest absolute Gasteiger partial charge is 0.254 e. The van der Waals surface area contributed by atoms with Gasteiger partial charge in [-0.15, -0.1) is 0 Å². The van der Waals surface area contributed by atoms with Gasteiger partial charge in [0.2, 0.25) is 0 Å². The van der Waals surface area contributed by atoms with Crippen LogP contribution in [-0.2, 0) is 0 Å². The van der Waals surface area contributed by atoms with E-state index < -0.39 is 0 Å². The lowest BCUT2D eigenvalue weighted by Gasteiger charge is -2.26. The first-order chi connectivity index (χ1) is 14.6. The van der Waals surface area contributed by atoms with Gasteiger partial charge in [-0.3, -0.25) is 9.78 Å². The number of carbonyl (C=O) groups is 1. The average molecular weight is 410 g/mol. The summed E-state index contributed by atoms with van der Waals surface area (Å²) < 4.78 is 11.7. The third kappa shape index (κ3) is 4.64. The molecule has 0 unspecified atom stereocenters. The fraction of sp³-hybridized carbons (Fsp3) is 0.333. The third-order valence-electron chi connectivity index (χ3n) is 4.49. The second kappa shape index (κ2) is 11.0. The fourth-order valence-corrected chi connectivity index (χ4v) is 3.14. The van der Waals surface area contributed by atoms with E-state index in [-0.39, 0.29) is 5.91 Å². The predicted octanol–water partition coefficient (Wildman–Crippen LogP) is 6.08. The number of hydrogen-bond donors (Lipinski definition) is 2. The van der Waals surface area contributed by atoms with E-state index in [1.807, 2.05) is 57.2 Å². The molecule has 6 nitrogen and oxygen atoms in total. The largest absolute Gasteiger partial charge is 0.494 e. The molecule has 2 heterocycles. The molecule has 2 N–H and O–H groups in total. The lowest BCUT2D eigenvalue weighted by Crippen LogP contribution is -2.21. The molecular weight excluding hydrogens is 378 g/mol. The molecule has 0 saturated heterocycles. The van der Waals surface area contributed by atoms with E-state index in [9.17, 15) is 4.79 Å². The number of ether oxygens (including phenoxy) is 2. The lowest BCUT2D eigenvalue weighted by atomic mass is 10.0. The van der Waals surface area contributed by atoms with E-state index in [0.29, 0.717) is 34.2 Å². The molecule has 160 valence electrons. The molecule has 0 atom stereocenters. The summed E-state index contributed by atoms with van der Waals surface area (Å²) in [5, 5.41) is 6.00. The Morgan fingerprint density at radius 2 is 2.07 bits per heavy atom. The molecule has 1 aromatic heterocycles. The third-order valence-corrected chi connectivity index (χ3v) is 4.49. The monoisotopic (exact) mass is 409 g/mol. The molecule has 0 aliphatic carbocycles. The highest BCUT2D eigenvalue weighted by molar-refractivity contribution is 6.03. The number of methoxy groups -OCH3 is 1. The second-order valence-corrected chi connectivity index (χ2v) is 6.33. The van der Waals surface area contributed by atoms with Gasteiger partial charge in [0.25, 0.3) is 5.91 Å². The van der Waals surface area contributed by atoms with Crippen LogP contribution in [-0.4, -0.2) is 25.0 Å². The molecule has 0 saturated carbocycles. The van der Waals surface area contributed by atoms with Gasteiger partial charge in [0.15, 0.2) is 11.5 Å². The molecule has 3 rings (SSSR count). The van der Waals surface area contributed by atoms with E-state index in [1.165, 1.54) is 0 Å². The summed E-state index contributed by atoms with van der Waals surface area (Å²) in [6, 6.07) is 5.57. The van der Waals surface area contributed by atoms with Crippen molar-refractivity contribution in [1.29, 1.82) is 0 Å². The van der Waals surface area contributed by atoms with Crippen molar-refractivity contribution in [1.82, 2.24) is 10.3 Å². The molecular formula is C24H31N3O3. The van der Waals surface area contributed by atoms with Crippen molar-refractivity contribution in [2.75, 3.05) is 19.5 Å². The summed E-state index contributed by atoms with van der Waals surface area (Å²) in [6.07, 6.45) is 9.39. The number of carbonyl (C=O) groups excluding carboxylic acids is 1. The molecule has 0 radical (unpaired) electrons. The molecule has 0 spiro atoms. The van der Waals surface area contributed by atoms with Crippen LogP contribution in [0.3, 0.4) is 0 Å². The molecule has 1 amide bonds. The molecule has 6 heteroatoms.